The van der Waals surface area contributed by atoms with Crippen LogP contribution in [0.4, 0.5) is 0 Å². The average molecular weight is 186 g/mol. The minimum atomic E-state index is 0.0613. The average Bonchev–Trinajstić information content (AvgIpc) is 2.48. The summed E-state index contributed by atoms with van der Waals surface area (Å²) in [4.78, 5) is 0. The summed E-state index contributed by atoms with van der Waals surface area (Å²) in [6, 6.07) is 0. The number of thioether (sulfide) groups is 1. The van der Waals surface area contributed by atoms with Crippen LogP contribution in [0.2, 0.25) is 0 Å². The number of aryl methyl sites for hydroxylation is 1. The molecule has 0 bridgehead atoms. The van der Waals surface area contributed by atoms with Crippen LogP contribution in [0.3, 0.4) is 0 Å². The van der Waals surface area contributed by atoms with E-state index in [-0.39, 0.29) is 5.17 Å². The second-order valence-electron chi connectivity index (χ2n) is 2.10. The van der Waals surface area contributed by atoms with Gasteiger partial charge < -0.3 is 10.2 Å². The summed E-state index contributed by atoms with van der Waals surface area (Å²) in [7, 11) is 0. The zero-order chi connectivity index (χ0) is 8.97. The largest absolute Gasteiger partial charge is 0.424 e. The van der Waals surface area contributed by atoms with Gasteiger partial charge in [-0.25, -0.2) is 0 Å². The van der Waals surface area contributed by atoms with Crippen molar-refractivity contribution >= 4 is 16.9 Å². The molecule has 1 aromatic heterocycles. The number of amidine groups is 1. The fourth-order valence-electron chi connectivity index (χ4n) is 0.629. The third-order valence-corrected chi connectivity index (χ3v) is 1.86. The lowest BCUT2D eigenvalue weighted by molar-refractivity contribution is 0.470. The van der Waals surface area contributed by atoms with Gasteiger partial charge in [-0.15, -0.1) is 10.2 Å². The van der Waals surface area contributed by atoms with E-state index in [1.165, 1.54) is 11.8 Å². The van der Waals surface area contributed by atoms with Crippen molar-refractivity contribution in [3.8, 4) is 0 Å². The molecule has 12 heavy (non-hydrogen) atoms. The molecule has 0 amide bonds. The van der Waals surface area contributed by atoms with Gasteiger partial charge in [-0.1, -0.05) is 18.7 Å². The molecular weight excluding hydrogens is 176 g/mol. The number of nitrogens with zero attached hydrogens (tertiary/aromatic N) is 2. The lowest BCUT2D eigenvalue weighted by atomic mass is 10.5. The van der Waals surface area contributed by atoms with Crippen LogP contribution >= 0.6 is 11.8 Å². The van der Waals surface area contributed by atoms with Crippen molar-refractivity contribution in [2.45, 2.75) is 19.1 Å². The molecule has 0 spiro atoms. The first-order chi connectivity index (χ1) is 5.72. The zero-order valence-electron chi connectivity index (χ0n) is 6.70. The Bertz CT molecular complexity index is 272. The number of rotatable bonds is 3. The first kappa shape index (κ1) is 9.05. The summed E-state index contributed by atoms with van der Waals surface area (Å²) in [5.41, 5.74) is 5.14. The van der Waals surface area contributed by atoms with E-state index in [0.29, 0.717) is 17.5 Å². The van der Waals surface area contributed by atoms with E-state index in [4.69, 9.17) is 15.6 Å². The topological polar surface area (TPSA) is 88.8 Å². The van der Waals surface area contributed by atoms with Crippen molar-refractivity contribution in [3.05, 3.63) is 11.8 Å². The summed E-state index contributed by atoms with van der Waals surface area (Å²) in [5.74, 6) is 1.61. The van der Waals surface area contributed by atoms with Gasteiger partial charge in [0.1, 0.15) is 0 Å². The number of nitrogens with two attached hydrogens (primary N) is 1. The van der Waals surface area contributed by atoms with Gasteiger partial charge in [-0.05, 0) is 0 Å². The Morgan fingerprint density at radius 1 is 1.58 bits per heavy atom. The molecule has 0 unspecified atom stereocenters. The van der Waals surface area contributed by atoms with E-state index in [0.717, 1.165) is 6.42 Å². The van der Waals surface area contributed by atoms with Gasteiger partial charge in [-0.3, -0.25) is 5.41 Å². The van der Waals surface area contributed by atoms with Crippen LogP contribution < -0.4 is 5.73 Å². The molecule has 0 fully saturated rings. The quantitative estimate of drug-likeness (QED) is 0.537. The normalized spacial score (nSPS) is 10.1. The van der Waals surface area contributed by atoms with Gasteiger partial charge >= 0.3 is 0 Å². The minimum absolute atomic E-state index is 0.0613. The highest BCUT2D eigenvalue weighted by atomic mass is 32.2. The van der Waals surface area contributed by atoms with Gasteiger partial charge in [0.25, 0.3) is 0 Å². The highest BCUT2D eigenvalue weighted by molar-refractivity contribution is 8.12. The lowest BCUT2D eigenvalue weighted by Crippen LogP contribution is -2.03. The van der Waals surface area contributed by atoms with Crippen LogP contribution in [0.5, 0.6) is 0 Å². The second-order valence-corrected chi connectivity index (χ2v) is 3.11. The standard InChI is InChI=1S/C6H10N4OS/c1-2-4-9-10-5(11-4)3-12-6(7)8/h2-3H2,1H3,(H3,7,8). The number of hydrogen-bond acceptors (Lipinski definition) is 5. The predicted octanol–water partition coefficient (Wildman–Crippen LogP) is 0.759. The maximum Gasteiger partial charge on any atom is 0.226 e. The van der Waals surface area contributed by atoms with Crippen LogP contribution in [0.15, 0.2) is 4.42 Å². The summed E-state index contributed by atoms with van der Waals surface area (Å²) in [5, 5.41) is 14.5. The first-order valence-electron chi connectivity index (χ1n) is 3.50. The molecule has 0 aliphatic carbocycles. The summed E-state index contributed by atoms with van der Waals surface area (Å²) in [6.45, 7) is 1.94. The number of aromatic nitrogens is 2. The molecule has 0 aliphatic heterocycles. The summed E-state index contributed by atoms with van der Waals surface area (Å²) in [6.07, 6.45) is 0.734. The fourth-order valence-corrected chi connectivity index (χ4v) is 1.02. The Balaban J connectivity index is 2.47. The molecule has 6 heteroatoms. The van der Waals surface area contributed by atoms with E-state index < -0.39 is 0 Å². The third-order valence-electron chi connectivity index (χ3n) is 1.16. The first-order valence-corrected chi connectivity index (χ1v) is 4.49. The van der Waals surface area contributed by atoms with Crippen LogP contribution in [0, 0.1) is 5.41 Å². The Morgan fingerprint density at radius 2 is 2.25 bits per heavy atom. The van der Waals surface area contributed by atoms with Gasteiger partial charge in [0.15, 0.2) is 5.17 Å². The van der Waals surface area contributed by atoms with Crippen molar-refractivity contribution in [3.63, 3.8) is 0 Å². The second kappa shape index (κ2) is 4.10. The lowest BCUT2D eigenvalue weighted by Gasteiger charge is -1.91. The molecule has 1 aromatic rings. The van der Waals surface area contributed by atoms with Crippen LogP contribution in [0.25, 0.3) is 0 Å². The highest BCUT2D eigenvalue weighted by Gasteiger charge is 2.04. The van der Waals surface area contributed by atoms with E-state index in [9.17, 15) is 0 Å². The smallest absolute Gasteiger partial charge is 0.226 e. The molecule has 0 saturated heterocycles. The van der Waals surface area contributed by atoms with Crippen molar-refractivity contribution in [2.24, 2.45) is 5.73 Å². The molecule has 3 N–H and O–H groups in total. The van der Waals surface area contributed by atoms with E-state index in [1.807, 2.05) is 6.92 Å². The third kappa shape index (κ3) is 2.54. The van der Waals surface area contributed by atoms with Gasteiger partial charge in [0, 0.05) is 6.42 Å². The van der Waals surface area contributed by atoms with Crippen LogP contribution in [-0.2, 0) is 12.2 Å². The molecule has 5 nitrogen and oxygen atoms in total. The fraction of sp³-hybridized carbons (Fsp3) is 0.500. The molecule has 0 radical (unpaired) electrons. The molecule has 1 rings (SSSR count). The van der Waals surface area contributed by atoms with E-state index in [2.05, 4.69) is 10.2 Å². The molecule has 0 atom stereocenters. The van der Waals surface area contributed by atoms with E-state index in [1.54, 1.807) is 0 Å². The minimum Gasteiger partial charge on any atom is -0.424 e. The van der Waals surface area contributed by atoms with Crippen LogP contribution in [0.1, 0.15) is 18.7 Å². The van der Waals surface area contributed by atoms with Gasteiger partial charge in [0.05, 0.1) is 5.75 Å². The van der Waals surface area contributed by atoms with Crippen molar-refractivity contribution in [1.29, 1.82) is 5.41 Å². The van der Waals surface area contributed by atoms with Crippen LogP contribution in [-0.4, -0.2) is 15.4 Å². The van der Waals surface area contributed by atoms with Crippen molar-refractivity contribution in [1.82, 2.24) is 10.2 Å². The monoisotopic (exact) mass is 186 g/mol. The predicted molar refractivity (Wildman–Crippen MR) is 46.9 cm³/mol. The number of hydrogen-bond donors (Lipinski definition) is 2. The summed E-state index contributed by atoms with van der Waals surface area (Å²) >= 11 is 1.17. The maximum atomic E-state index is 6.95. The highest BCUT2D eigenvalue weighted by Crippen LogP contribution is 2.09. The Kier molecular flexibility index (Phi) is 3.09. The molecule has 1 heterocycles. The Morgan fingerprint density at radius 3 is 2.75 bits per heavy atom. The Labute approximate surface area is 74.2 Å². The van der Waals surface area contributed by atoms with Gasteiger partial charge in [-0.2, -0.15) is 0 Å². The van der Waals surface area contributed by atoms with Crippen molar-refractivity contribution < 1.29 is 4.42 Å². The summed E-state index contributed by atoms with van der Waals surface area (Å²) < 4.78 is 5.19. The molecular formula is C6H10N4OS. The van der Waals surface area contributed by atoms with E-state index >= 15 is 0 Å². The Hall–Kier alpha value is -1.04. The van der Waals surface area contributed by atoms with Gasteiger partial charge in [0.2, 0.25) is 11.8 Å². The SMILES string of the molecule is CCc1nnc(CSC(=N)N)o1. The molecule has 0 aliphatic rings. The maximum absolute atomic E-state index is 6.95. The molecule has 0 saturated carbocycles. The molecule has 66 valence electrons. The van der Waals surface area contributed by atoms with Crippen molar-refractivity contribution in [2.75, 3.05) is 0 Å². The number of nitrogens with one attached hydrogen (secondary N) is 1. The molecule has 0 aromatic carbocycles. The zero-order valence-corrected chi connectivity index (χ0v) is 7.52.